The average Bonchev–Trinajstić information content (AvgIpc) is 3.32. The molecule has 5 rings (SSSR count). The van der Waals surface area contributed by atoms with Crippen LogP contribution >= 0.6 is 0 Å². The molecule has 1 saturated heterocycles. The minimum atomic E-state index is -4.04. The number of halogens is 1. The van der Waals surface area contributed by atoms with Crippen molar-refractivity contribution in [2.24, 2.45) is 5.92 Å². The fourth-order valence-electron chi connectivity index (χ4n) is 4.52. The Hall–Kier alpha value is -3.45. The van der Waals surface area contributed by atoms with E-state index in [1.807, 2.05) is 65.6 Å². The molecule has 0 radical (unpaired) electrons. The number of oxazole rings is 1. The van der Waals surface area contributed by atoms with Gasteiger partial charge in [-0.05, 0) is 54.2 Å². The third kappa shape index (κ3) is 4.73. The molecule has 1 aliphatic heterocycles. The van der Waals surface area contributed by atoms with E-state index in [4.69, 9.17) is 4.42 Å². The van der Waals surface area contributed by atoms with Crippen molar-refractivity contribution < 1.29 is 17.2 Å². The fraction of sp³-hybridized carbons (Fsp3) is 0.250. The Labute approximate surface area is 205 Å². The Kier molecular flexibility index (Phi) is 6.43. The SMILES string of the molecule is CC1CCN(c2oc(C(c3ccccc3)c3ccccc3)nc2S(=O)(=O)c2ccc(F)cc2)CC1. The minimum Gasteiger partial charge on any atom is -0.423 e. The first-order valence-electron chi connectivity index (χ1n) is 11.8. The van der Waals surface area contributed by atoms with Crippen LogP contribution in [0.5, 0.6) is 0 Å². The van der Waals surface area contributed by atoms with E-state index in [0.29, 0.717) is 24.9 Å². The highest BCUT2D eigenvalue weighted by molar-refractivity contribution is 7.91. The first-order valence-corrected chi connectivity index (χ1v) is 13.3. The first kappa shape index (κ1) is 23.3. The lowest BCUT2D eigenvalue weighted by molar-refractivity contribution is 0.405. The van der Waals surface area contributed by atoms with E-state index in [0.717, 1.165) is 36.1 Å². The highest BCUT2D eigenvalue weighted by atomic mass is 32.2. The molecule has 1 fully saturated rings. The van der Waals surface area contributed by atoms with Crippen LogP contribution < -0.4 is 4.90 Å². The van der Waals surface area contributed by atoms with Crippen molar-refractivity contribution in [3.05, 3.63) is 108 Å². The van der Waals surface area contributed by atoms with Crippen LogP contribution in [-0.4, -0.2) is 26.5 Å². The highest BCUT2D eigenvalue weighted by Crippen LogP contribution is 2.39. The Morgan fingerprint density at radius 3 is 1.97 bits per heavy atom. The molecule has 4 aromatic rings. The molecule has 2 heterocycles. The Balaban J connectivity index is 1.67. The highest BCUT2D eigenvalue weighted by Gasteiger charge is 2.35. The van der Waals surface area contributed by atoms with Gasteiger partial charge in [0.25, 0.3) is 0 Å². The molecule has 0 bridgehead atoms. The molecular weight excluding hydrogens is 463 g/mol. The van der Waals surface area contributed by atoms with Crippen LogP contribution in [-0.2, 0) is 9.84 Å². The number of hydrogen-bond donors (Lipinski definition) is 0. The molecule has 7 heteroatoms. The molecule has 0 N–H and O–H groups in total. The summed E-state index contributed by atoms with van der Waals surface area (Å²) in [4.78, 5) is 6.60. The second kappa shape index (κ2) is 9.66. The standard InChI is InChI=1S/C28H27FN2O3S/c1-20-16-18-31(19-17-20)28-27(35(32,33)24-14-12-23(29)13-15-24)30-26(34-28)25(21-8-4-2-5-9-21)22-10-6-3-7-11-22/h2-15,20,25H,16-19H2,1H3. The number of benzene rings is 3. The van der Waals surface area contributed by atoms with Crippen LogP contribution in [0.3, 0.4) is 0 Å². The largest absolute Gasteiger partial charge is 0.423 e. The molecule has 1 aromatic heterocycles. The van der Waals surface area contributed by atoms with E-state index in [9.17, 15) is 12.8 Å². The van der Waals surface area contributed by atoms with E-state index in [-0.39, 0.29) is 21.7 Å². The number of rotatable bonds is 6. The molecule has 35 heavy (non-hydrogen) atoms. The molecule has 0 spiro atoms. The topological polar surface area (TPSA) is 63.4 Å². The van der Waals surface area contributed by atoms with Crippen molar-refractivity contribution in [1.82, 2.24) is 4.98 Å². The molecule has 0 unspecified atom stereocenters. The van der Waals surface area contributed by atoms with Gasteiger partial charge in [0.15, 0.2) is 0 Å². The number of nitrogens with zero attached hydrogens (tertiary/aromatic N) is 2. The van der Waals surface area contributed by atoms with Gasteiger partial charge >= 0.3 is 0 Å². The average molecular weight is 491 g/mol. The van der Waals surface area contributed by atoms with E-state index in [1.165, 1.54) is 12.1 Å². The van der Waals surface area contributed by atoms with Gasteiger partial charge in [-0.1, -0.05) is 67.6 Å². The van der Waals surface area contributed by atoms with E-state index in [1.54, 1.807) is 0 Å². The quantitative estimate of drug-likeness (QED) is 0.307. The van der Waals surface area contributed by atoms with E-state index >= 15 is 0 Å². The number of piperidine rings is 1. The second-order valence-corrected chi connectivity index (χ2v) is 10.9. The Morgan fingerprint density at radius 2 is 1.43 bits per heavy atom. The molecule has 0 amide bonds. The van der Waals surface area contributed by atoms with E-state index in [2.05, 4.69) is 11.9 Å². The van der Waals surface area contributed by atoms with Crippen LogP contribution in [0.15, 0.2) is 99.3 Å². The monoisotopic (exact) mass is 490 g/mol. The summed E-state index contributed by atoms with van der Waals surface area (Å²) in [5.41, 5.74) is 1.90. The summed E-state index contributed by atoms with van der Waals surface area (Å²) in [7, 11) is -4.04. The summed E-state index contributed by atoms with van der Waals surface area (Å²) < 4.78 is 47.3. The predicted molar refractivity (Wildman–Crippen MR) is 133 cm³/mol. The smallest absolute Gasteiger partial charge is 0.236 e. The summed E-state index contributed by atoms with van der Waals surface area (Å²) in [6.45, 7) is 3.56. The molecule has 1 aliphatic rings. The van der Waals surface area contributed by atoms with Gasteiger partial charge in [0, 0.05) is 13.1 Å². The summed E-state index contributed by atoms with van der Waals surface area (Å²) in [5, 5.41) is -0.120. The van der Waals surface area contributed by atoms with Crippen molar-refractivity contribution in [1.29, 1.82) is 0 Å². The van der Waals surface area contributed by atoms with Crippen molar-refractivity contribution in [2.45, 2.75) is 35.6 Å². The lowest BCUT2D eigenvalue weighted by atomic mass is 9.91. The van der Waals surface area contributed by atoms with Crippen molar-refractivity contribution in [3.63, 3.8) is 0 Å². The number of sulfone groups is 1. The fourth-order valence-corrected chi connectivity index (χ4v) is 5.85. The first-order chi connectivity index (χ1) is 16.9. The predicted octanol–water partition coefficient (Wildman–Crippen LogP) is 6.06. The van der Waals surface area contributed by atoms with Gasteiger partial charge in [-0.25, -0.2) is 12.8 Å². The van der Waals surface area contributed by atoms with Gasteiger partial charge in [0.05, 0.1) is 10.8 Å². The van der Waals surface area contributed by atoms with Crippen LogP contribution in [0, 0.1) is 11.7 Å². The summed E-state index contributed by atoms with van der Waals surface area (Å²) >= 11 is 0. The number of aromatic nitrogens is 1. The Morgan fingerprint density at radius 1 is 0.886 bits per heavy atom. The third-order valence-corrected chi connectivity index (χ3v) is 8.23. The molecule has 0 atom stereocenters. The number of hydrogen-bond acceptors (Lipinski definition) is 5. The van der Waals surface area contributed by atoms with Gasteiger partial charge in [-0.15, -0.1) is 0 Å². The van der Waals surface area contributed by atoms with Crippen LogP contribution in [0.1, 0.15) is 42.7 Å². The maximum atomic E-state index is 13.7. The second-order valence-electron chi connectivity index (χ2n) is 9.04. The summed E-state index contributed by atoms with van der Waals surface area (Å²) in [6.07, 6.45) is 1.87. The Bertz CT molecular complexity index is 1340. The molecular formula is C28H27FN2O3S. The van der Waals surface area contributed by atoms with Gasteiger partial charge in [-0.2, -0.15) is 4.98 Å². The van der Waals surface area contributed by atoms with Crippen LogP contribution in [0.25, 0.3) is 0 Å². The lowest BCUT2D eigenvalue weighted by Crippen LogP contribution is -2.33. The molecule has 0 aliphatic carbocycles. The lowest BCUT2D eigenvalue weighted by Gasteiger charge is -2.30. The summed E-state index contributed by atoms with van der Waals surface area (Å²) in [5.74, 6) is 0.261. The zero-order valence-corrected chi connectivity index (χ0v) is 20.3. The molecule has 5 nitrogen and oxygen atoms in total. The van der Waals surface area contributed by atoms with Crippen molar-refractivity contribution >= 4 is 15.7 Å². The molecule has 0 saturated carbocycles. The third-order valence-electron chi connectivity index (χ3n) is 6.56. The maximum Gasteiger partial charge on any atom is 0.236 e. The zero-order valence-electron chi connectivity index (χ0n) is 19.5. The minimum absolute atomic E-state index is 0.0126. The van der Waals surface area contributed by atoms with Crippen LogP contribution in [0.4, 0.5) is 10.3 Å². The van der Waals surface area contributed by atoms with Crippen LogP contribution in [0.2, 0.25) is 0 Å². The van der Waals surface area contributed by atoms with Crippen molar-refractivity contribution in [3.8, 4) is 0 Å². The van der Waals surface area contributed by atoms with Gasteiger partial charge in [-0.3, -0.25) is 0 Å². The maximum absolute atomic E-state index is 13.7. The molecule has 3 aromatic carbocycles. The molecule has 180 valence electrons. The van der Waals surface area contributed by atoms with Gasteiger partial charge in [0.1, 0.15) is 5.82 Å². The normalized spacial score (nSPS) is 15.0. The number of anilines is 1. The van der Waals surface area contributed by atoms with Gasteiger partial charge in [0.2, 0.25) is 26.6 Å². The summed E-state index contributed by atoms with van der Waals surface area (Å²) in [6, 6.07) is 24.4. The van der Waals surface area contributed by atoms with E-state index < -0.39 is 15.7 Å². The zero-order chi connectivity index (χ0) is 24.4. The van der Waals surface area contributed by atoms with Gasteiger partial charge < -0.3 is 9.32 Å². The van der Waals surface area contributed by atoms with Crippen molar-refractivity contribution in [2.75, 3.05) is 18.0 Å².